The monoisotopic (exact) mass is 331 g/mol. The average molecular weight is 331 g/mol. The fraction of sp³-hybridized carbons (Fsp3) is 0.500. The molecule has 24 heavy (non-hydrogen) atoms. The van der Waals surface area contributed by atoms with Gasteiger partial charge in [0.05, 0.1) is 4.92 Å². The van der Waals surface area contributed by atoms with Gasteiger partial charge in [0.15, 0.2) is 0 Å². The van der Waals surface area contributed by atoms with Gasteiger partial charge in [0, 0.05) is 35.3 Å². The Hall–Kier alpha value is -2.21. The van der Waals surface area contributed by atoms with Crippen molar-refractivity contribution >= 4 is 17.7 Å². The second kappa shape index (κ2) is 6.73. The summed E-state index contributed by atoms with van der Waals surface area (Å²) in [4.78, 5) is 22.3. The lowest BCUT2D eigenvalue weighted by molar-refractivity contribution is -0.384. The standard InChI is InChI=1S/C18H25N3O3/c1-17(2)11-14(12-18(3,4)20-17)19-16(22)10-7-13-5-8-15(9-6-13)21(23)24/h5-10,14,20H,11-12H2,1-4H3,(H,19,22)/b10-7+. The van der Waals surface area contributed by atoms with Crippen LogP contribution in [0.5, 0.6) is 0 Å². The zero-order chi connectivity index (χ0) is 18.0. The highest BCUT2D eigenvalue weighted by Crippen LogP contribution is 2.28. The highest BCUT2D eigenvalue weighted by molar-refractivity contribution is 5.91. The maximum absolute atomic E-state index is 12.2. The molecular formula is C18H25N3O3. The van der Waals surface area contributed by atoms with Gasteiger partial charge in [-0.05, 0) is 64.3 Å². The Morgan fingerprint density at radius 3 is 2.25 bits per heavy atom. The molecule has 2 rings (SSSR count). The minimum absolute atomic E-state index is 0.0260. The normalized spacial score (nSPS) is 20.0. The summed E-state index contributed by atoms with van der Waals surface area (Å²) in [5.41, 5.74) is 0.737. The summed E-state index contributed by atoms with van der Waals surface area (Å²) in [5.74, 6) is -0.146. The van der Waals surface area contributed by atoms with Crippen molar-refractivity contribution in [1.82, 2.24) is 10.6 Å². The molecule has 1 aliphatic heterocycles. The highest BCUT2D eigenvalue weighted by atomic mass is 16.6. The summed E-state index contributed by atoms with van der Waals surface area (Å²) in [7, 11) is 0. The van der Waals surface area contributed by atoms with Gasteiger partial charge in [-0.25, -0.2) is 0 Å². The largest absolute Gasteiger partial charge is 0.350 e. The molecule has 1 aliphatic rings. The topological polar surface area (TPSA) is 84.3 Å². The number of rotatable bonds is 4. The van der Waals surface area contributed by atoms with E-state index in [1.54, 1.807) is 18.2 Å². The second-order valence-electron chi connectivity index (χ2n) is 7.69. The molecule has 1 fully saturated rings. The van der Waals surface area contributed by atoms with Crippen LogP contribution >= 0.6 is 0 Å². The first kappa shape index (κ1) is 18.1. The number of carbonyl (C=O) groups excluding carboxylic acids is 1. The first-order valence-corrected chi connectivity index (χ1v) is 8.09. The third kappa shape index (κ3) is 5.16. The summed E-state index contributed by atoms with van der Waals surface area (Å²) in [5, 5.41) is 17.3. The summed E-state index contributed by atoms with van der Waals surface area (Å²) in [6.07, 6.45) is 4.88. The molecule has 1 aromatic carbocycles. The van der Waals surface area contributed by atoms with Crippen molar-refractivity contribution in [3.8, 4) is 0 Å². The van der Waals surface area contributed by atoms with Crippen molar-refractivity contribution < 1.29 is 9.72 Å². The number of carbonyl (C=O) groups is 1. The quantitative estimate of drug-likeness (QED) is 0.504. The van der Waals surface area contributed by atoms with Crippen molar-refractivity contribution in [2.75, 3.05) is 0 Å². The van der Waals surface area contributed by atoms with Crippen LogP contribution in [0.3, 0.4) is 0 Å². The van der Waals surface area contributed by atoms with Crippen LogP contribution < -0.4 is 10.6 Å². The van der Waals surface area contributed by atoms with Gasteiger partial charge < -0.3 is 10.6 Å². The summed E-state index contributed by atoms with van der Waals surface area (Å²) in [6, 6.07) is 6.22. The Morgan fingerprint density at radius 2 is 1.75 bits per heavy atom. The minimum atomic E-state index is -0.444. The summed E-state index contributed by atoms with van der Waals surface area (Å²) >= 11 is 0. The summed E-state index contributed by atoms with van der Waals surface area (Å²) < 4.78 is 0. The second-order valence-corrected chi connectivity index (χ2v) is 7.69. The van der Waals surface area contributed by atoms with E-state index in [1.165, 1.54) is 18.2 Å². The van der Waals surface area contributed by atoms with Gasteiger partial charge in [-0.3, -0.25) is 14.9 Å². The van der Waals surface area contributed by atoms with E-state index in [0.717, 1.165) is 18.4 Å². The number of benzene rings is 1. The molecule has 1 aromatic rings. The molecule has 0 atom stereocenters. The fourth-order valence-electron chi connectivity index (χ4n) is 3.55. The molecule has 0 radical (unpaired) electrons. The van der Waals surface area contributed by atoms with Crippen LogP contribution in [0, 0.1) is 10.1 Å². The van der Waals surface area contributed by atoms with Gasteiger partial charge in [0.1, 0.15) is 0 Å². The van der Waals surface area contributed by atoms with E-state index >= 15 is 0 Å². The van der Waals surface area contributed by atoms with E-state index in [-0.39, 0.29) is 28.7 Å². The molecular weight excluding hydrogens is 306 g/mol. The third-order valence-electron chi connectivity index (χ3n) is 4.07. The van der Waals surface area contributed by atoms with Crippen LogP contribution in [0.2, 0.25) is 0 Å². The molecule has 0 bridgehead atoms. The Bertz CT molecular complexity index is 632. The number of non-ortho nitro benzene ring substituents is 1. The number of nitro groups is 1. The zero-order valence-corrected chi connectivity index (χ0v) is 14.6. The number of amides is 1. The van der Waals surface area contributed by atoms with Crippen LogP contribution in [0.4, 0.5) is 5.69 Å². The predicted molar refractivity (Wildman–Crippen MR) is 94.6 cm³/mol. The molecule has 0 saturated carbocycles. The zero-order valence-electron chi connectivity index (χ0n) is 14.6. The van der Waals surface area contributed by atoms with Crippen LogP contribution in [0.25, 0.3) is 6.08 Å². The fourth-order valence-corrected chi connectivity index (χ4v) is 3.55. The Labute approximate surface area is 142 Å². The number of nitrogens with zero attached hydrogens (tertiary/aromatic N) is 1. The van der Waals surface area contributed by atoms with Gasteiger partial charge in [0.2, 0.25) is 5.91 Å². The van der Waals surface area contributed by atoms with E-state index in [0.29, 0.717) is 0 Å². The molecule has 1 saturated heterocycles. The van der Waals surface area contributed by atoms with Crippen molar-refractivity contribution in [3.05, 3.63) is 46.0 Å². The first-order chi connectivity index (χ1) is 11.1. The molecule has 6 nitrogen and oxygen atoms in total. The lowest BCUT2D eigenvalue weighted by Crippen LogP contribution is -2.62. The van der Waals surface area contributed by atoms with E-state index in [2.05, 4.69) is 38.3 Å². The highest BCUT2D eigenvalue weighted by Gasteiger charge is 2.37. The third-order valence-corrected chi connectivity index (χ3v) is 4.07. The molecule has 1 amide bonds. The molecule has 0 unspecified atom stereocenters. The van der Waals surface area contributed by atoms with E-state index in [1.807, 2.05) is 0 Å². The van der Waals surface area contributed by atoms with Crippen molar-refractivity contribution in [1.29, 1.82) is 0 Å². The van der Waals surface area contributed by atoms with Crippen molar-refractivity contribution in [2.24, 2.45) is 0 Å². The number of nitrogens with one attached hydrogen (secondary N) is 2. The number of hydrogen-bond acceptors (Lipinski definition) is 4. The maximum Gasteiger partial charge on any atom is 0.269 e. The van der Waals surface area contributed by atoms with Crippen molar-refractivity contribution in [3.63, 3.8) is 0 Å². The summed E-state index contributed by atoms with van der Waals surface area (Å²) in [6.45, 7) is 8.55. The van der Waals surface area contributed by atoms with Gasteiger partial charge in [-0.1, -0.05) is 0 Å². The van der Waals surface area contributed by atoms with Gasteiger partial charge in [-0.15, -0.1) is 0 Å². The van der Waals surface area contributed by atoms with Gasteiger partial charge in [-0.2, -0.15) is 0 Å². The molecule has 0 spiro atoms. The van der Waals surface area contributed by atoms with Gasteiger partial charge >= 0.3 is 0 Å². The SMILES string of the molecule is CC1(C)CC(NC(=O)/C=C/c2ccc([N+](=O)[O-])cc2)CC(C)(C)N1. The van der Waals surface area contributed by atoms with Crippen LogP contribution in [-0.2, 0) is 4.79 Å². The molecule has 0 aliphatic carbocycles. The number of nitro benzene ring substituents is 1. The van der Waals surface area contributed by atoms with Gasteiger partial charge in [0.25, 0.3) is 5.69 Å². The molecule has 130 valence electrons. The molecule has 0 aromatic heterocycles. The molecule has 6 heteroatoms. The van der Waals surface area contributed by atoms with Crippen LogP contribution in [0.1, 0.15) is 46.1 Å². The van der Waals surface area contributed by atoms with E-state index in [9.17, 15) is 14.9 Å². The maximum atomic E-state index is 12.2. The van der Waals surface area contributed by atoms with E-state index < -0.39 is 4.92 Å². The number of piperidine rings is 1. The predicted octanol–water partition coefficient (Wildman–Crippen LogP) is 3.03. The smallest absolute Gasteiger partial charge is 0.269 e. The molecule has 2 N–H and O–H groups in total. The lowest BCUT2D eigenvalue weighted by atomic mass is 9.79. The first-order valence-electron chi connectivity index (χ1n) is 8.09. The Kier molecular flexibility index (Phi) is 5.08. The van der Waals surface area contributed by atoms with Crippen molar-refractivity contribution in [2.45, 2.75) is 57.7 Å². The Balaban J connectivity index is 1.96. The lowest BCUT2D eigenvalue weighted by Gasteiger charge is -2.46. The number of hydrogen-bond donors (Lipinski definition) is 2. The Morgan fingerprint density at radius 1 is 1.21 bits per heavy atom. The molecule has 1 heterocycles. The van der Waals surface area contributed by atoms with E-state index in [4.69, 9.17) is 0 Å². The minimum Gasteiger partial charge on any atom is -0.350 e. The van der Waals surface area contributed by atoms with Crippen LogP contribution in [-0.4, -0.2) is 28.0 Å². The van der Waals surface area contributed by atoms with Crippen LogP contribution in [0.15, 0.2) is 30.3 Å². The average Bonchev–Trinajstić information content (AvgIpc) is 2.42.